The molecule has 1 aliphatic rings. The molecule has 5 nitrogen and oxygen atoms in total. The third-order valence-corrected chi connectivity index (χ3v) is 3.65. The van der Waals surface area contributed by atoms with Crippen molar-refractivity contribution in [1.82, 2.24) is 4.90 Å². The van der Waals surface area contributed by atoms with Crippen molar-refractivity contribution in [3.05, 3.63) is 29.3 Å². The van der Waals surface area contributed by atoms with Crippen molar-refractivity contribution >= 4 is 6.09 Å². The molecule has 1 heterocycles. The highest BCUT2D eigenvalue weighted by atomic mass is 16.6. The highest BCUT2D eigenvalue weighted by molar-refractivity contribution is 5.68. The van der Waals surface area contributed by atoms with Crippen molar-refractivity contribution < 1.29 is 14.3 Å². The molecule has 1 saturated heterocycles. The highest BCUT2D eigenvalue weighted by Crippen LogP contribution is 2.22. The zero-order chi connectivity index (χ0) is 17.0. The molecule has 23 heavy (non-hydrogen) atoms. The first-order valence-electron chi connectivity index (χ1n) is 7.94. The normalized spacial score (nSPS) is 18.2. The van der Waals surface area contributed by atoms with E-state index in [-0.39, 0.29) is 12.2 Å². The van der Waals surface area contributed by atoms with E-state index in [0.717, 1.165) is 24.2 Å². The zero-order valence-electron chi connectivity index (χ0n) is 14.3. The molecule has 0 spiro atoms. The van der Waals surface area contributed by atoms with Crippen LogP contribution in [0.1, 0.15) is 44.7 Å². The topological polar surface area (TPSA) is 62.6 Å². The van der Waals surface area contributed by atoms with Crippen LogP contribution in [0.25, 0.3) is 0 Å². The van der Waals surface area contributed by atoms with Gasteiger partial charge in [-0.2, -0.15) is 5.26 Å². The minimum atomic E-state index is -0.491. The van der Waals surface area contributed by atoms with Crippen LogP contribution >= 0.6 is 0 Å². The molecule has 1 fully saturated rings. The lowest BCUT2D eigenvalue weighted by Crippen LogP contribution is -2.46. The van der Waals surface area contributed by atoms with Crippen LogP contribution in [0.4, 0.5) is 4.79 Å². The Morgan fingerprint density at radius 2 is 2.13 bits per heavy atom. The summed E-state index contributed by atoms with van der Waals surface area (Å²) < 4.78 is 11.4. The zero-order valence-corrected chi connectivity index (χ0v) is 14.3. The molecular weight excluding hydrogens is 292 g/mol. The molecule has 1 atom stereocenters. The van der Waals surface area contributed by atoms with Crippen molar-refractivity contribution in [2.75, 3.05) is 13.1 Å². The third-order valence-electron chi connectivity index (χ3n) is 3.65. The molecular formula is C18H24N2O3. The predicted octanol–water partition coefficient (Wildman–Crippen LogP) is 3.65. The summed E-state index contributed by atoms with van der Waals surface area (Å²) in [6.45, 7) is 8.70. The van der Waals surface area contributed by atoms with Gasteiger partial charge in [-0.1, -0.05) is 0 Å². The Labute approximate surface area is 137 Å². The van der Waals surface area contributed by atoms with E-state index < -0.39 is 5.60 Å². The summed E-state index contributed by atoms with van der Waals surface area (Å²) in [5.74, 6) is 0.734. The Morgan fingerprint density at radius 1 is 1.39 bits per heavy atom. The van der Waals surface area contributed by atoms with E-state index in [1.807, 2.05) is 33.8 Å². The van der Waals surface area contributed by atoms with Crippen molar-refractivity contribution in [3.8, 4) is 11.8 Å². The maximum absolute atomic E-state index is 12.2. The Morgan fingerprint density at radius 3 is 2.74 bits per heavy atom. The minimum absolute atomic E-state index is 0.0522. The standard InChI is InChI=1S/C18H24N2O3/c1-13-10-15(8-7-14(13)11-19)22-16-6-5-9-20(12-16)17(21)23-18(2,3)4/h7-8,10,16H,5-6,9,12H2,1-4H3. The number of ether oxygens (including phenoxy) is 2. The van der Waals surface area contributed by atoms with Gasteiger partial charge in [0.25, 0.3) is 0 Å². The summed E-state index contributed by atoms with van der Waals surface area (Å²) >= 11 is 0. The molecule has 0 saturated carbocycles. The lowest BCUT2D eigenvalue weighted by molar-refractivity contribution is 0.00775. The fourth-order valence-corrected chi connectivity index (χ4v) is 2.55. The second-order valence-electron chi connectivity index (χ2n) is 6.90. The number of benzene rings is 1. The number of carbonyl (C=O) groups excluding carboxylic acids is 1. The maximum atomic E-state index is 12.2. The van der Waals surface area contributed by atoms with Gasteiger partial charge in [0.15, 0.2) is 0 Å². The van der Waals surface area contributed by atoms with Crippen LogP contribution in [0.3, 0.4) is 0 Å². The first-order valence-corrected chi connectivity index (χ1v) is 7.94. The minimum Gasteiger partial charge on any atom is -0.489 e. The number of nitriles is 1. The Balaban J connectivity index is 1.98. The number of carbonyl (C=O) groups is 1. The van der Waals surface area contributed by atoms with E-state index in [0.29, 0.717) is 18.7 Å². The third kappa shape index (κ3) is 4.88. The quantitative estimate of drug-likeness (QED) is 0.835. The first-order chi connectivity index (χ1) is 10.8. The number of nitrogens with zero attached hydrogens (tertiary/aromatic N) is 2. The van der Waals surface area contributed by atoms with Crippen molar-refractivity contribution in [3.63, 3.8) is 0 Å². The molecule has 0 N–H and O–H groups in total. The molecule has 1 unspecified atom stereocenters. The van der Waals surface area contributed by atoms with E-state index in [2.05, 4.69) is 6.07 Å². The average Bonchev–Trinajstić information content (AvgIpc) is 2.46. The van der Waals surface area contributed by atoms with Crippen LogP contribution in [-0.4, -0.2) is 35.8 Å². The number of piperidine rings is 1. The van der Waals surface area contributed by atoms with Gasteiger partial charge in [0.1, 0.15) is 17.5 Å². The summed E-state index contributed by atoms with van der Waals surface area (Å²) in [6, 6.07) is 7.58. The van der Waals surface area contributed by atoms with Crippen molar-refractivity contribution in [1.29, 1.82) is 5.26 Å². The van der Waals surface area contributed by atoms with Crippen LogP contribution in [0.2, 0.25) is 0 Å². The van der Waals surface area contributed by atoms with E-state index in [1.54, 1.807) is 17.0 Å². The van der Waals surface area contributed by atoms with Gasteiger partial charge in [0.05, 0.1) is 18.2 Å². The van der Waals surface area contributed by atoms with E-state index in [1.165, 1.54) is 0 Å². The van der Waals surface area contributed by atoms with Crippen molar-refractivity contribution in [2.45, 2.75) is 52.2 Å². The van der Waals surface area contributed by atoms with E-state index in [9.17, 15) is 4.79 Å². The summed E-state index contributed by atoms with van der Waals surface area (Å²) in [5.41, 5.74) is 1.05. The molecule has 124 valence electrons. The molecule has 0 radical (unpaired) electrons. The molecule has 5 heteroatoms. The van der Waals surface area contributed by atoms with E-state index in [4.69, 9.17) is 14.7 Å². The Bertz CT molecular complexity index is 614. The van der Waals surface area contributed by atoms with Gasteiger partial charge < -0.3 is 14.4 Å². The van der Waals surface area contributed by atoms with Crippen LogP contribution in [0, 0.1) is 18.3 Å². The van der Waals surface area contributed by atoms with Gasteiger partial charge in [-0.15, -0.1) is 0 Å². The molecule has 1 aliphatic heterocycles. The van der Waals surface area contributed by atoms with Crippen LogP contribution in [0.15, 0.2) is 18.2 Å². The predicted molar refractivity (Wildman–Crippen MR) is 87.4 cm³/mol. The van der Waals surface area contributed by atoms with E-state index >= 15 is 0 Å². The summed E-state index contributed by atoms with van der Waals surface area (Å²) in [6.07, 6.45) is 1.45. The Kier molecular flexibility index (Phi) is 5.15. The Hall–Kier alpha value is -2.22. The molecule has 1 aromatic rings. The second-order valence-corrected chi connectivity index (χ2v) is 6.90. The number of aryl methyl sites for hydroxylation is 1. The largest absolute Gasteiger partial charge is 0.489 e. The maximum Gasteiger partial charge on any atom is 0.410 e. The molecule has 2 rings (SSSR count). The monoisotopic (exact) mass is 316 g/mol. The molecule has 1 amide bonds. The molecule has 0 aromatic heterocycles. The summed E-state index contributed by atoms with van der Waals surface area (Å²) in [5, 5.41) is 8.97. The van der Waals surface area contributed by atoms with Gasteiger partial charge in [0, 0.05) is 6.54 Å². The lowest BCUT2D eigenvalue weighted by Gasteiger charge is -2.34. The smallest absolute Gasteiger partial charge is 0.410 e. The molecule has 0 aliphatic carbocycles. The van der Waals surface area contributed by atoms with Gasteiger partial charge in [-0.25, -0.2) is 4.79 Å². The number of hydrogen-bond donors (Lipinski definition) is 0. The van der Waals surface area contributed by atoms with Crippen LogP contribution in [-0.2, 0) is 4.74 Å². The average molecular weight is 316 g/mol. The molecule has 0 bridgehead atoms. The number of rotatable bonds is 2. The number of likely N-dealkylation sites (tertiary alicyclic amines) is 1. The fourth-order valence-electron chi connectivity index (χ4n) is 2.55. The lowest BCUT2D eigenvalue weighted by atomic mass is 10.1. The first kappa shape index (κ1) is 17.1. The van der Waals surface area contributed by atoms with Crippen LogP contribution < -0.4 is 4.74 Å². The van der Waals surface area contributed by atoms with Crippen molar-refractivity contribution in [2.24, 2.45) is 0 Å². The summed E-state index contributed by atoms with van der Waals surface area (Å²) in [7, 11) is 0. The van der Waals surface area contributed by atoms with Gasteiger partial charge in [-0.05, 0) is 64.3 Å². The molecule has 1 aromatic carbocycles. The van der Waals surface area contributed by atoms with Crippen LogP contribution in [0.5, 0.6) is 5.75 Å². The number of amides is 1. The SMILES string of the molecule is Cc1cc(OC2CCCN(C(=O)OC(C)(C)C)C2)ccc1C#N. The van der Waals surface area contributed by atoms with Gasteiger partial charge in [0.2, 0.25) is 0 Å². The highest BCUT2D eigenvalue weighted by Gasteiger charge is 2.28. The second kappa shape index (κ2) is 6.91. The fraction of sp³-hybridized carbons (Fsp3) is 0.556. The van der Waals surface area contributed by atoms with Gasteiger partial charge >= 0.3 is 6.09 Å². The number of hydrogen-bond acceptors (Lipinski definition) is 4. The van der Waals surface area contributed by atoms with Gasteiger partial charge in [-0.3, -0.25) is 0 Å². The summed E-state index contributed by atoms with van der Waals surface area (Å²) in [4.78, 5) is 13.9.